The Morgan fingerprint density at radius 3 is 2.65 bits per heavy atom. The molecule has 4 heteroatoms. The van der Waals surface area contributed by atoms with Crippen LogP contribution in [0.2, 0.25) is 0 Å². The Bertz CT molecular complexity index is 622. The summed E-state index contributed by atoms with van der Waals surface area (Å²) in [7, 11) is 0. The first-order valence-corrected chi connectivity index (χ1v) is 8.93. The van der Waals surface area contributed by atoms with Gasteiger partial charge in [0.2, 0.25) is 11.8 Å². The molecule has 1 N–H and O–H groups in total. The maximum Gasteiger partial charge on any atom is 0.230 e. The van der Waals surface area contributed by atoms with Crippen LogP contribution in [0.4, 0.5) is 5.69 Å². The van der Waals surface area contributed by atoms with Crippen LogP contribution in [-0.4, -0.2) is 24.4 Å². The van der Waals surface area contributed by atoms with Crippen molar-refractivity contribution in [2.45, 2.75) is 51.0 Å². The summed E-state index contributed by atoms with van der Waals surface area (Å²) in [6.45, 7) is 0.756. The van der Waals surface area contributed by atoms with Crippen molar-refractivity contribution in [3.05, 3.63) is 29.8 Å². The molecule has 0 saturated heterocycles. The number of amides is 2. The summed E-state index contributed by atoms with van der Waals surface area (Å²) in [5, 5.41) is 3.17. The van der Waals surface area contributed by atoms with E-state index in [9.17, 15) is 9.59 Å². The topological polar surface area (TPSA) is 49.4 Å². The summed E-state index contributed by atoms with van der Waals surface area (Å²) >= 11 is 0. The van der Waals surface area contributed by atoms with Gasteiger partial charge in [-0.25, -0.2) is 0 Å². The summed E-state index contributed by atoms with van der Waals surface area (Å²) in [5.41, 5.74) is 2.28. The van der Waals surface area contributed by atoms with Crippen molar-refractivity contribution in [1.29, 1.82) is 0 Å². The first-order valence-electron chi connectivity index (χ1n) is 8.93. The van der Waals surface area contributed by atoms with Crippen molar-refractivity contribution in [3.63, 3.8) is 0 Å². The van der Waals surface area contributed by atoms with Gasteiger partial charge in [0.15, 0.2) is 0 Å². The molecule has 2 aliphatic carbocycles. The molecular formula is C19H24N2O2. The SMILES string of the molecule is O=C(NC1CCCCC1)C1CC1C(=O)N1CCc2ccccc21. The van der Waals surface area contributed by atoms with Gasteiger partial charge in [-0.15, -0.1) is 0 Å². The molecular weight excluding hydrogens is 288 g/mol. The minimum Gasteiger partial charge on any atom is -0.353 e. The van der Waals surface area contributed by atoms with Crippen LogP contribution in [0.5, 0.6) is 0 Å². The van der Waals surface area contributed by atoms with E-state index >= 15 is 0 Å². The first-order chi connectivity index (χ1) is 11.2. The molecule has 2 saturated carbocycles. The zero-order valence-corrected chi connectivity index (χ0v) is 13.5. The first kappa shape index (κ1) is 14.7. The van der Waals surface area contributed by atoms with E-state index in [0.29, 0.717) is 6.04 Å². The van der Waals surface area contributed by atoms with Crippen LogP contribution in [0, 0.1) is 11.8 Å². The Labute approximate surface area is 137 Å². The minimum atomic E-state index is -0.107. The van der Waals surface area contributed by atoms with Gasteiger partial charge in [-0.3, -0.25) is 9.59 Å². The van der Waals surface area contributed by atoms with E-state index in [2.05, 4.69) is 11.4 Å². The Balaban J connectivity index is 1.35. The van der Waals surface area contributed by atoms with Crippen molar-refractivity contribution >= 4 is 17.5 Å². The van der Waals surface area contributed by atoms with Crippen LogP contribution >= 0.6 is 0 Å². The highest BCUT2D eigenvalue weighted by Gasteiger charge is 2.50. The fraction of sp³-hybridized carbons (Fsp3) is 0.579. The summed E-state index contributed by atoms with van der Waals surface area (Å²) in [6.07, 6.45) is 7.53. The molecule has 4 rings (SSSR count). The molecule has 2 fully saturated rings. The molecule has 2 atom stereocenters. The van der Waals surface area contributed by atoms with Crippen LogP contribution in [0.15, 0.2) is 24.3 Å². The van der Waals surface area contributed by atoms with Crippen molar-refractivity contribution in [2.24, 2.45) is 11.8 Å². The van der Waals surface area contributed by atoms with E-state index in [1.54, 1.807) is 0 Å². The third kappa shape index (κ3) is 2.87. The molecule has 0 bridgehead atoms. The zero-order valence-electron chi connectivity index (χ0n) is 13.5. The summed E-state index contributed by atoms with van der Waals surface area (Å²) in [5.74, 6) is 0.0309. The average molecular weight is 312 g/mol. The maximum atomic E-state index is 12.7. The molecule has 4 nitrogen and oxygen atoms in total. The van der Waals surface area contributed by atoms with Crippen LogP contribution in [0.25, 0.3) is 0 Å². The number of carbonyl (C=O) groups is 2. The number of hydrogen-bond donors (Lipinski definition) is 1. The van der Waals surface area contributed by atoms with Crippen molar-refractivity contribution < 1.29 is 9.59 Å². The quantitative estimate of drug-likeness (QED) is 0.933. The van der Waals surface area contributed by atoms with Gasteiger partial charge in [0.25, 0.3) is 0 Å². The van der Waals surface area contributed by atoms with Gasteiger partial charge >= 0.3 is 0 Å². The fourth-order valence-electron chi connectivity index (χ4n) is 4.08. The van der Waals surface area contributed by atoms with E-state index in [4.69, 9.17) is 0 Å². The number of fused-ring (bicyclic) bond motifs is 1. The predicted molar refractivity (Wildman–Crippen MR) is 89.1 cm³/mol. The lowest BCUT2D eigenvalue weighted by Crippen LogP contribution is -2.38. The lowest BCUT2D eigenvalue weighted by Gasteiger charge is -2.23. The van der Waals surface area contributed by atoms with Crippen molar-refractivity contribution in [3.8, 4) is 0 Å². The highest BCUT2D eigenvalue weighted by molar-refractivity contribution is 6.02. The number of nitrogens with one attached hydrogen (secondary N) is 1. The Morgan fingerprint density at radius 2 is 1.83 bits per heavy atom. The molecule has 23 heavy (non-hydrogen) atoms. The highest BCUT2D eigenvalue weighted by Crippen LogP contribution is 2.42. The lowest BCUT2D eigenvalue weighted by molar-refractivity contribution is -0.126. The van der Waals surface area contributed by atoms with Gasteiger partial charge in [0.05, 0.1) is 11.8 Å². The molecule has 2 amide bonds. The summed E-state index contributed by atoms with van der Waals surface area (Å²) < 4.78 is 0. The number of carbonyl (C=O) groups excluding carboxylic acids is 2. The van der Waals surface area contributed by atoms with Crippen molar-refractivity contribution in [2.75, 3.05) is 11.4 Å². The number of hydrogen-bond acceptors (Lipinski definition) is 2. The molecule has 122 valence electrons. The van der Waals surface area contributed by atoms with E-state index in [0.717, 1.165) is 37.9 Å². The largest absolute Gasteiger partial charge is 0.353 e. The van der Waals surface area contributed by atoms with Gasteiger partial charge in [0.1, 0.15) is 0 Å². The maximum absolute atomic E-state index is 12.7. The average Bonchev–Trinajstić information content (AvgIpc) is 3.27. The monoisotopic (exact) mass is 312 g/mol. The molecule has 0 aromatic heterocycles. The van der Waals surface area contributed by atoms with Crippen LogP contribution in [0.3, 0.4) is 0 Å². The third-order valence-corrected chi connectivity index (χ3v) is 5.55. The van der Waals surface area contributed by atoms with Crippen LogP contribution in [-0.2, 0) is 16.0 Å². The number of rotatable bonds is 3. The highest BCUT2D eigenvalue weighted by atomic mass is 16.2. The lowest BCUT2D eigenvalue weighted by atomic mass is 9.95. The number of para-hydroxylation sites is 1. The molecule has 2 unspecified atom stereocenters. The zero-order chi connectivity index (χ0) is 15.8. The summed E-state index contributed by atoms with van der Waals surface area (Å²) in [4.78, 5) is 27.0. The second kappa shape index (κ2) is 5.99. The Hall–Kier alpha value is -1.84. The molecule has 1 aliphatic heterocycles. The van der Waals surface area contributed by atoms with E-state index in [-0.39, 0.29) is 23.7 Å². The third-order valence-electron chi connectivity index (χ3n) is 5.55. The number of nitrogens with zero attached hydrogens (tertiary/aromatic N) is 1. The summed E-state index contributed by atoms with van der Waals surface area (Å²) in [6, 6.07) is 8.43. The van der Waals surface area contributed by atoms with Gasteiger partial charge < -0.3 is 10.2 Å². The second-order valence-corrected chi connectivity index (χ2v) is 7.16. The van der Waals surface area contributed by atoms with E-state index in [1.165, 1.54) is 24.8 Å². The second-order valence-electron chi connectivity index (χ2n) is 7.16. The van der Waals surface area contributed by atoms with Gasteiger partial charge in [0, 0.05) is 18.3 Å². The Kier molecular flexibility index (Phi) is 3.83. The number of anilines is 1. The van der Waals surface area contributed by atoms with Gasteiger partial charge in [-0.1, -0.05) is 37.5 Å². The standard InChI is InChI=1S/C19H24N2O2/c22-18(20-14-7-2-1-3-8-14)15-12-16(15)19(23)21-11-10-13-6-4-5-9-17(13)21/h4-6,9,14-16H,1-3,7-8,10-12H2,(H,20,22). The normalized spacial score (nSPS) is 26.7. The molecule has 1 aromatic carbocycles. The van der Waals surface area contributed by atoms with E-state index < -0.39 is 0 Å². The van der Waals surface area contributed by atoms with Crippen LogP contribution < -0.4 is 10.2 Å². The molecule has 1 aromatic rings. The van der Waals surface area contributed by atoms with Crippen LogP contribution in [0.1, 0.15) is 44.1 Å². The van der Waals surface area contributed by atoms with Crippen molar-refractivity contribution in [1.82, 2.24) is 5.32 Å². The fourth-order valence-corrected chi connectivity index (χ4v) is 4.08. The molecule has 1 heterocycles. The molecule has 0 radical (unpaired) electrons. The Morgan fingerprint density at radius 1 is 1.04 bits per heavy atom. The number of benzene rings is 1. The van der Waals surface area contributed by atoms with Gasteiger partial charge in [-0.2, -0.15) is 0 Å². The smallest absolute Gasteiger partial charge is 0.230 e. The molecule has 3 aliphatic rings. The molecule has 0 spiro atoms. The minimum absolute atomic E-state index is 0.0998. The van der Waals surface area contributed by atoms with E-state index in [1.807, 2.05) is 23.1 Å². The van der Waals surface area contributed by atoms with Gasteiger partial charge in [-0.05, 0) is 37.3 Å². The predicted octanol–water partition coefficient (Wildman–Crippen LogP) is 2.66.